The normalized spacial score (nSPS) is 17.6. The van der Waals surface area contributed by atoms with Crippen molar-refractivity contribution < 1.29 is 19.2 Å². The van der Waals surface area contributed by atoms with Crippen LogP contribution >= 0.6 is 12.6 Å². The van der Waals surface area contributed by atoms with Gasteiger partial charge < -0.3 is 16.0 Å². The monoisotopic (exact) mass is 456 g/mol. The number of fused-ring (bicyclic) bond motifs is 1. The Hall–Kier alpha value is -2.94. The number of amides is 3. The lowest BCUT2D eigenvalue weighted by Gasteiger charge is -2.24. The van der Waals surface area contributed by atoms with E-state index in [1.807, 2.05) is 26.0 Å². The van der Waals surface area contributed by atoms with Gasteiger partial charge in [-0.25, -0.2) is 0 Å². The predicted octanol–water partition coefficient (Wildman–Crippen LogP) is 1.85. The summed E-state index contributed by atoms with van der Waals surface area (Å²) in [5, 5.41) is 8.51. The van der Waals surface area contributed by atoms with Crippen molar-refractivity contribution in [2.75, 3.05) is 6.54 Å². The van der Waals surface area contributed by atoms with Gasteiger partial charge in [0.1, 0.15) is 6.04 Å². The second-order valence-electron chi connectivity index (χ2n) is 8.45. The van der Waals surface area contributed by atoms with E-state index in [0.717, 1.165) is 5.39 Å². The molecule has 32 heavy (non-hydrogen) atoms. The Balaban J connectivity index is 1.75. The molecule has 2 heterocycles. The molecule has 1 aromatic carbocycles. The molecule has 3 N–H and O–H groups in total. The van der Waals surface area contributed by atoms with Crippen LogP contribution in [0.25, 0.3) is 10.9 Å². The van der Waals surface area contributed by atoms with Crippen LogP contribution in [0.4, 0.5) is 0 Å². The average Bonchev–Trinajstić information content (AvgIpc) is 3.16. The summed E-state index contributed by atoms with van der Waals surface area (Å²) >= 11 is 3.89. The summed E-state index contributed by atoms with van der Waals surface area (Å²) in [4.78, 5) is 54.3. The van der Waals surface area contributed by atoms with Crippen LogP contribution in [-0.2, 0) is 14.4 Å². The number of nitrogens with one attached hydrogen (secondary N) is 3. The lowest BCUT2D eigenvalue weighted by Crippen LogP contribution is -2.52. The van der Waals surface area contributed by atoms with Gasteiger partial charge in [0.25, 0.3) is 5.91 Å². The fraction of sp³-hybridized carbons (Fsp3) is 0.435. The maximum absolute atomic E-state index is 13.1. The summed E-state index contributed by atoms with van der Waals surface area (Å²) in [6.45, 7) is 4.43. The zero-order chi connectivity index (χ0) is 23.3. The zero-order valence-electron chi connectivity index (χ0n) is 18.1. The topological polar surface area (TPSA) is 117 Å². The Bertz CT molecular complexity index is 1020. The van der Waals surface area contributed by atoms with Crippen molar-refractivity contribution in [2.24, 2.45) is 11.8 Å². The number of hydrogen-bond donors (Lipinski definition) is 4. The van der Waals surface area contributed by atoms with E-state index in [4.69, 9.17) is 0 Å². The highest BCUT2D eigenvalue weighted by Gasteiger charge is 2.32. The van der Waals surface area contributed by atoms with Gasteiger partial charge in [-0.1, -0.05) is 32.0 Å². The van der Waals surface area contributed by atoms with Crippen molar-refractivity contribution in [1.29, 1.82) is 0 Å². The lowest BCUT2D eigenvalue weighted by atomic mass is 9.97. The molecule has 3 amide bonds. The third kappa shape index (κ3) is 5.85. The van der Waals surface area contributed by atoms with Gasteiger partial charge in [0, 0.05) is 24.0 Å². The molecule has 3 atom stereocenters. The first kappa shape index (κ1) is 23.7. The summed E-state index contributed by atoms with van der Waals surface area (Å²) in [6.07, 6.45) is 2.77. The highest BCUT2D eigenvalue weighted by atomic mass is 32.1. The summed E-state index contributed by atoms with van der Waals surface area (Å²) < 4.78 is 0. The van der Waals surface area contributed by atoms with Gasteiger partial charge in [0.2, 0.25) is 16.9 Å². The van der Waals surface area contributed by atoms with Crippen molar-refractivity contribution >= 4 is 46.4 Å². The van der Waals surface area contributed by atoms with Crippen LogP contribution in [0.5, 0.6) is 0 Å². The largest absolute Gasteiger partial charge is 0.356 e. The van der Waals surface area contributed by atoms with E-state index in [0.29, 0.717) is 30.5 Å². The molecule has 0 spiro atoms. The van der Waals surface area contributed by atoms with Gasteiger partial charge in [0.15, 0.2) is 0 Å². The fourth-order valence-electron chi connectivity index (χ4n) is 3.87. The van der Waals surface area contributed by atoms with E-state index >= 15 is 0 Å². The summed E-state index contributed by atoms with van der Waals surface area (Å²) in [5.41, 5.74) is 0.918. The van der Waals surface area contributed by atoms with E-state index in [-0.39, 0.29) is 24.2 Å². The summed E-state index contributed by atoms with van der Waals surface area (Å²) in [7, 11) is 0. The summed E-state index contributed by atoms with van der Waals surface area (Å²) in [6, 6.07) is 7.17. The van der Waals surface area contributed by atoms with Gasteiger partial charge in [-0.05, 0) is 37.3 Å². The minimum Gasteiger partial charge on any atom is -0.356 e. The molecule has 1 fully saturated rings. The molecule has 0 unspecified atom stereocenters. The second kappa shape index (κ2) is 10.6. The van der Waals surface area contributed by atoms with Gasteiger partial charge >= 0.3 is 0 Å². The maximum atomic E-state index is 13.1. The number of para-hydroxylation sites is 1. The maximum Gasteiger partial charge on any atom is 0.254 e. The Kier molecular flexibility index (Phi) is 7.84. The number of nitrogens with zero attached hydrogens (tertiary/aromatic N) is 1. The Morgan fingerprint density at radius 1 is 1.16 bits per heavy atom. The van der Waals surface area contributed by atoms with Crippen molar-refractivity contribution in [1.82, 2.24) is 20.9 Å². The number of hydrogen-bond acceptors (Lipinski definition) is 5. The summed E-state index contributed by atoms with van der Waals surface area (Å²) in [5.74, 6) is -1.27. The van der Waals surface area contributed by atoms with Gasteiger partial charge in [-0.3, -0.25) is 24.2 Å². The van der Waals surface area contributed by atoms with Crippen LogP contribution < -0.4 is 16.0 Å². The first-order valence-corrected chi connectivity index (χ1v) is 11.2. The average molecular weight is 457 g/mol. The van der Waals surface area contributed by atoms with Gasteiger partial charge in [-0.15, -0.1) is 12.6 Å². The minimum atomic E-state index is -0.912. The Labute approximate surface area is 192 Å². The molecule has 0 radical (unpaired) electrons. The molecule has 1 aliphatic rings. The molecule has 0 bridgehead atoms. The Morgan fingerprint density at radius 3 is 2.56 bits per heavy atom. The molecule has 1 saturated heterocycles. The van der Waals surface area contributed by atoms with Crippen LogP contribution in [0.2, 0.25) is 0 Å². The minimum absolute atomic E-state index is 0.113. The highest BCUT2D eigenvalue weighted by molar-refractivity contribution is 7.96. The van der Waals surface area contributed by atoms with E-state index in [2.05, 4.69) is 33.6 Å². The number of pyridine rings is 1. The predicted molar refractivity (Wildman–Crippen MR) is 124 cm³/mol. The number of carbonyl (C=O) groups excluding carboxylic acids is 4. The molecular formula is C23H28N4O4S. The van der Waals surface area contributed by atoms with E-state index in [1.54, 1.807) is 24.4 Å². The molecule has 0 aliphatic carbocycles. The molecular weight excluding hydrogens is 428 g/mol. The number of rotatable bonds is 9. The first-order chi connectivity index (χ1) is 15.3. The molecule has 3 rings (SSSR count). The van der Waals surface area contributed by atoms with Crippen LogP contribution in [-0.4, -0.2) is 46.4 Å². The lowest BCUT2D eigenvalue weighted by molar-refractivity contribution is -0.128. The van der Waals surface area contributed by atoms with Crippen LogP contribution in [0, 0.1) is 11.8 Å². The van der Waals surface area contributed by atoms with E-state index in [1.165, 1.54) is 0 Å². The van der Waals surface area contributed by atoms with Crippen molar-refractivity contribution in [3.05, 3.63) is 42.1 Å². The standard InChI is InChI=1S/C23H28N4O4S/c1-13(2)11-17(22(30)27-18(23(31)32)12-15-8-10-25-20(15)28)26-21(29)16-7-3-5-14-6-4-9-24-19(14)16/h3-7,9,13,15,17-18H,8,10-12H2,1-2H3,(H,25,28)(H,26,29)(H,27,30)(H,31,32)/t15-,17-,18-/m0/s1. The molecule has 0 saturated carbocycles. The highest BCUT2D eigenvalue weighted by Crippen LogP contribution is 2.19. The molecule has 9 heteroatoms. The van der Waals surface area contributed by atoms with Crippen molar-refractivity contribution in [3.63, 3.8) is 0 Å². The molecule has 170 valence electrons. The molecule has 1 aromatic heterocycles. The van der Waals surface area contributed by atoms with Crippen molar-refractivity contribution in [3.8, 4) is 0 Å². The number of aromatic nitrogens is 1. The zero-order valence-corrected chi connectivity index (χ0v) is 19.0. The number of carbonyl (C=O) groups is 4. The van der Waals surface area contributed by atoms with Crippen molar-refractivity contribution in [2.45, 2.75) is 45.2 Å². The van der Waals surface area contributed by atoms with Crippen LogP contribution in [0.15, 0.2) is 36.5 Å². The smallest absolute Gasteiger partial charge is 0.254 e. The fourth-order valence-corrected chi connectivity index (χ4v) is 4.04. The SMILES string of the molecule is CC(C)C[C@H](NC(=O)c1cccc2cccnc12)C(=O)N[C@@H](C[C@@H]1CCNC1=O)C(=O)S. The Morgan fingerprint density at radius 2 is 1.91 bits per heavy atom. The molecule has 2 aromatic rings. The van der Waals surface area contributed by atoms with E-state index in [9.17, 15) is 19.2 Å². The number of thiol groups is 1. The van der Waals surface area contributed by atoms with E-state index < -0.39 is 29.0 Å². The quantitative estimate of drug-likeness (QED) is 0.430. The first-order valence-electron chi connectivity index (χ1n) is 10.7. The molecule has 1 aliphatic heterocycles. The van der Waals surface area contributed by atoms with Gasteiger partial charge in [-0.2, -0.15) is 0 Å². The van der Waals surface area contributed by atoms with Crippen LogP contribution in [0.3, 0.4) is 0 Å². The second-order valence-corrected chi connectivity index (χ2v) is 8.89. The van der Waals surface area contributed by atoms with Gasteiger partial charge in [0.05, 0.1) is 17.1 Å². The third-order valence-electron chi connectivity index (χ3n) is 5.50. The third-order valence-corrected chi connectivity index (χ3v) is 5.82. The number of benzene rings is 1. The van der Waals surface area contributed by atoms with Crippen LogP contribution in [0.1, 0.15) is 43.5 Å². The molecule has 8 nitrogen and oxygen atoms in total.